The molecule has 0 heterocycles. The van der Waals surface area contributed by atoms with Crippen LogP contribution in [0.5, 0.6) is 0 Å². The topological polar surface area (TPSA) is 0 Å². The molecule has 0 fully saturated rings. The summed E-state index contributed by atoms with van der Waals surface area (Å²) in [5, 5.41) is 0.209. The van der Waals surface area contributed by atoms with Gasteiger partial charge in [0.15, 0.2) is 0 Å². The Hall–Kier alpha value is -1.19. The van der Waals surface area contributed by atoms with E-state index in [1.165, 1.54) is 12.1 Å². The van der Waals surface area contributed by atoms with E-state index in [-0.39, 0.29) is 5.02 Å². The Morgan fingerprint density at radius 1 is 0.947 bits per heavy atom. The zero-order valence-corrected chi connectivity index (χ0v) is 11.4. The molecule has 2 aromatic rings. The van der Waals surface area contributed by atoms with Crippen LogP contribution in [0.3, 0.4) is 0 Å². The summed E-state index contributed by atoms with van der Waals surface area (Å²) in [4.78, 5) is 0. The largest absolute Gasteiger partial charge is 0.417 e. The van der Waals surface area contributed by atoms with Gasteiger partial charge in [0.2, 0.25) is 0 Å². The van der Waals surface area contributed by atoms with Gasteiger partial charge >= 0.3 is 6.18 Å². The summed E-state index contributed by atoms with van der Waals surface area (Å²) < 4.78 is 37.9. The van der Waals surface area contributed by atoms with E-state index in [0.29, 0.717) is 10.6 Å². The number of aryl methyl sites for hydroxylation is 1. The zero-order chi connectivity index (χ0) is 14.2. The van der Waals surface area contributed by atoms with Crippen LogP contribution in [0, 0.1) is 6.92 Å². The maximum atomic E-state index is 12.6. The highest BCUT2D eigenvalue weighted by atomic mass is 35.5. The molecule has 0 saturated heterocycles. The van der Waals surface area contributed by atoms with Crippen LogP contribution in [0.4, 0.5) is 13.2 Å². The van der Waals surface area contributed by atoms with Crippen LogP contribution in [-0.4, -0.2) is 0 Å². The molecular weight excluding hydrogens is 296 g/mol. The molecule has 0 N–H and O–H groups in total. The van der Waals surface area contributed by atoms with E-state index < -0.39 is 11.7 Å². The van der Waals surface area contributed by atoms with Crippen molar-refractivity contribution in [2.24, 2.45) is 0 Å². The molecule has 0 aliphatic rings. The van der Waals surface area contributed by atoms with Crippen LogP contribution in [-0.2, 0) is 6.18 Å². The Morgan fingerprint density at radius 3 is 2.21 bits per heavy atom. The van der Waals surface area contributed by atoms with Gasteiger partial charge in [0.1, 0.15) is 0 Å². The van der Waals surface area contributed by atoms with Gasteiger partial charge in [0, 0.05) is 5.02 Å². The predicted octanol–water partition coefficient (Wildman–Crippen LogP) is 5.99. The van der Waals surface area contributed by atoms with Crippen molar-refractivity contribution in [2.45, 2.75) is 13.1 Å². The van der Waals surface area contributed by atoms with Crippen molar-refractivity contribution in [3.63, 3.8) is 0 Å². The van der Waals surface area contributed by atoms with Crippen molar-refractivity contribution in [3.8, 4) is 11.1 Å². The summed E-state index contributed by atoms with van der Waals surface area (Å²) in [5.41, 5.74) is 1.46. The number of halogens is 5. The summed E-state index contributed by atoms with van der Waals surface area (Å²) >= 11 is 11.6. The maximum Gasteiger partial charge on any atom is 0.417 e. The molecule has 0 radical (unpaired) electrons. The van der Waals surface area contributed by atoms with Crippen molar-refractivity contribution in [1.82, 2.24) is 0 Å². The molecule has 100 valence electrons. The third-order valence-electron chi connectivity index (χ3n) is 2.79. The lowest BCUT2D eigenvalue weighted by Gasteiger charge is -2.12. The maximum absolute atomic E-state index is 12.6. The van der Waals surface area contributed by atoms with Gasteiger partial charge < -0.3 is 0 Å². The standard InChI is InChI=1S/C14H9Cl2F3/c1-8-2-4-10(15)7-11(8)9-3-5-12(13(16)6-9)14(17,18)19/h2-7H,1H3. The number of benzene rings is 2. The van der Waals surface area contributed by atoms with Crippen LogP contribution in [0.25, 0.3) is 11.1 Å². The van der Waals surface area contributed by atoms with E-state index >= 15 is 0 Å². The number of hydrogen-bond donors (Lipinski definition) is 0. The molecule has 5 heteroatoms. The van der Waals surface area contributed by atoms with Crippen LogP contribution in [0.2, 0.25) is 10.0 Å². The number of alkyl halides is 3. The third-order valence-corrected chi connectivity index (χ3v) is 3.33. The fraction of sp³-hybridized carbons (Fsp3) is 0.143. The molecular formula is C14H9Cl2F3. The molecule has 19 heavy (non-hydrogen) atoms. The van der Waals surface area contributed by atoms with Crippen molar-refractivity contribution < 1.29 is 13.2 Å². The molecule has 0 unspecified atom stereocenters. The highest BCUT2D eigenvalue weighted by Crippen LogP contribution is 2.37. The molecule has 0 aliphatic heterocycles. The van der Waals surface area contributed by atoms with Gasteiger partial charge in [-0.1, -0.05) is 35.3 Å². The second-order valence-corrected chi connectivity index (χ2v) is 5.00. The second-order valence-electron chi connectivity index (χ2n) is 4.15. The molecule has 0 atom stereocenters. The number of hydrogen-bond acceptors (Lipinski definition) is 0. The Bertz CT molecular complexity index is 619. The van der Waals surface area contributed by atoms with Crippen molar-refractivity contribution in [2.75, 3.05) is 0 Å². The monoisotopic (exact) mass is 304 g/mol. The van der Waals surface area contributed by atoms with E-state index in [4.69, 9.17) is 23.2 Å². The molecule has 0 aromatic heterocycles. The normalized spacial score (nSPS) is 11.7. The first kappa shape index (κ1) is 14.2. The Morgan fingerprint density at radius 2 is 1.63 bits per heavy atom. The van der Waals surface area contributed by atoms with Gasteiger partial charge in [-0.3, -0.25) is 0 Å². The quantitative estimate of drug-likeness (QED) is 0.607. The fourth-order valence-corrected chi connectivity index (χ4v) is 2.28. The molecule has 0 nitrogen and oxygen atoms in total. The predicted molar refractivity (Wildman–Crippen MR) is 71.6 cm³/mol. The molecule has 0 amide bonds. The molecule has 2 rings (SSSR count). The fourth-order valence-electron chi connectivity index (χ4n) is 1.82. The van der Waals surface area contributed by atoms with Gasteiger partial charge in [0.25, 0.3) is 0 Å². The highest BCUT2D eigenvalue weighted by Gasteiger charge is 2.33. The van der Waals surface area contributed by atoms with Crippen LogP contribution >= 0.6 is 23.2 Å². The van der Waals surface area contributed by atoms with Gasteiger partial charge in [-0.25, -0.2) is 0 Å². The smallest absolute Gasteiger partial charge is 0.166 e. The van der Waals surface area contributed by atoms with E-state index in [2.05, 4.69) is 0 Å². The lowest BCUT2D eigenvalue weighted by atomic mass is 9.99. The van der Waals surface area contributed by atoms with E-state index in [9.17, 15) is 13.2 Å². The number of rotatable bonds is 1. The summed E-state index contributed by atoms with van der Waals surface area (Å²) in [7, 11) is 0. The molecule has 0 spiro atoms. The minimum absolute atomic E-state index is 0.315. The zero-order valence-electron chi connectivity index (χ0n) is 9.85. The first-order valence-corrected chi connectivity index (χ1v) is 6.18. The summed E-state index contributed by atoms with van der Waals surface area (Å²) in [6, 6.07) is 8.93. The van der Waals surface area contributed by atoms with Gasteiger partial charge in [-0.05, 0) is 47.9 Å². The van der Waals surface area contributed by atoms with Crippen molar-refractivity contribution in [1.29, 1.82) is 0 Å². The van der Waals surface area contributed by atoms with Gasteiger partial charge in [-0.2, -0.15) is 13.2 Å². The van der Waals surface area contributed by atoms with E-state index in [0.717, 1.165) is 17.2 Å². The minimum Gasteiger partial charge on any atom is -0.166 e. The van der Waals surface area contributed by atoms with Crippen molar-refractivity contribution in [3.05, 3.63) is 57.6 Å². The SMILES string of the molecule is Cc1ccc(Cl)cc1-c1ccc(C(F)(F)F)c(Cl)c1. The first-order chi connectivity index (χ1) is 8.79. The Labute approximate surface area is 118 Å². The molecule has 0 aliphatic carbocycles. The first-order valence-electron chi connectivity index (χ1n) is 5.42. The van der Waals surface area contributed by atoms with Crippen LogP contribution in [0.1, 0.15) is 11.1 Å². The second kappa shape index (κ2) is 5.06. The lowest BCUT2D eigenvalue weighted by molar-refractivity contribution is -0.137. The molecule has 2 aromatic carbocycles. The summed E-state index contributed by atoms with van der Waals surface area (Å²) in [5.74, 6) is 0. The van der Waals surface area contributed by atoms with Gasteiger partial charge in [0.05, 0.1) is 10.6 Å². The summed E-state index contributed by atoms with van der Waals surface area (Å²) in [6.45, 7) is 1.86. The Kier molecular flexibility index (Phi) is 3.79. The minimum atomic E-state index is -4.45. The average molecular weight is 305 g/mol. The average Bonchev–Trinajstić information content (AvgIpc) is 2.30. The summed E-state index contributed by atoms with van der Waals surface area (Å²) in [6.07, 6.45) is -4.45. The van der Waals surface area contributed by atoms with Crippen molar-refractivity contribution >= 4 is 23.2 Å². The highest BCUT2D eigenvalue weighted by molar-refractivity contribution is 6.32. The van der Waals surface area contributed by atoms with E-state index in [1.807, 2.05) is 13.0 Å². The lowest BCUT2D eigenvalue weighted by Crippen LogP contribution is -2.05. The third kappa shape index (κ3) is 3.04. The van der Waals surface area contributed by atoms with Crippen LogP contribution < -0.4 is 0 Å². The van der Waals surface area contributed by atoms with Gasteiger partial charge in [-0.15, -0.1) is 0 Å². The molecule has 0 bridgehead atoms. The molecule has 0 saturated carbocycles. The van der Waals surface area contributed by atoms with E-state index in [1.54, 1.807) is 12.1 Å². The Balaban J connectivity index is 2.54. The van der Waals surface area contributed by atoms with Crippen LogP contribution in [0.15, 0.2) is 36.4 Å².